The van der Waals surface area contributed by atoms with E-state index in [-0.39, 0.29) is 17.7 Å². The molecule has 2 aromatic rings. The smallest absolute Gasteiger partial charge is 0.293 e. The minimum atomic E-state index is -0.310. The van der Waals surface area contributed by atoms with Gasteiger partial charge in [-0.2, -0.15) is 0 Å². The molecule has 2 amide bonds. The van der Waals surface area contributed by atoms with Crippen LogP contribution in [0.4, 0.5) is 4.79 Å². The van der Waals surface area contributed by atoms with Gasteiger partial charge in [-0.05, 0) is 59.7 Å². The predicted molar refractivity (Wildman–Crippen MR) is 112 cm³/mol. The Hall–Kier alpha value is -2.44. The zero-order chi connectivity index (χ0) is 20.1. The summed E-state index contributed by atoms with van der Waals surface area (Å²) in [6.07, 6.45) is 2.59. The van der Waals surface area contributed by atoms with Gasteiger partial charge < -0.3 is 9.47 Å². The summed E-state index contributed by atoms with van der Waals surface area (Å²) in [4.78, 5) is 26.6. The van der Waals surface area contributed by atoms with Gasteiger partial charge in [0.15, 0.2) is 11.5 Å². The Bertz CT molecular complexity index is 911. The molecule has 0 unspecified atom stereocenters. The summed E-state index contributed by atoms with van der Waals surface area (Å²) >= 11 is 6.81. The molecule has 0 radical (unpaired) electrons. The summed E-state index contributed by atoms with van der Waals surface area (Å²) in [6, 6.07) is 12.5. The Morgan fingerprint density at radius 2 is 1.86 bits per heavy atom. The zero-order valence-corrected chi connectivity index (χ0v) is 17.2. The maximum atomic E-state index is 12.7. The van der Waals surface area contributed by atoms with Gasteiger partial charge in [0.2, 0.25) is 0 Å². The molecule has 0 aromatic heterocycles. The second-order valence-corrected chi connectivity index (χ2v) is 7.58. The van der Waals surface area contributed by atoms with Gasteiger partial charge in [0, 0.05) is 5.02 Å². The molecule has 7 heteroatoms. The number of nitrogens with zero attached hydrogens (tertiary/aromatic N) is 1. The highest BCUT2D eigenvalue weighted by Gasteiger charge is 2.35. The number of carbonyl (C=O) groups excluding carboxylic acids is 2. The van der Waals surface area contributed by atoms with E-state index in [9.17, 15) is 9.59 Å². The number of amides is 2. The van der Waals surface area contributed by atoms with Crippen LogP contribution in [0.25, 0.3) is 6.08 Å². The van der Waals surface area contributed by atoms with Crippen LogP contribution < -0.4 is 9.47 Å². The molecule has 2 aromatic carbocycles. The molecule has 0 N–H and O–H groups in total. The topological polar surface area (TPSA) is 55.8 Å². The van der Waals surface area contributed by atoms with Crippen LogP contribution >= 0.6 is 23.4 Å². The van der Waals surface area contributed by atoms with E-state index in [1.807, 2.05) is 13.0 Å². The van der Waals surface area contributed by atoms with Gasteiger partial charge in [-0.25, -0.2) is 0 Å². The lowest BCUT2D eigenvalue weighted by Gasteiger charge is -2.12. The van der Waals surface area contributed by atoms with E-state index >= 15 is 0 Å². The first kappa shape index (κ1) is 20.3. The number of hydrogen-bond donors (Lipinski definition) is 0. The fraction of sp³-hybridized carbons (Fsp3) is 0.238. The molecule has 1 fully saturated rings. The van der Waals surface area contributed by atoms with Crippen LogP contribution in [0.15, 0.2) is 47.4 Å². The summed E-state index contributed by atoms with van der Waals surface area (Å²) in [5.74, 6) is 0.926. The number of ether oxygens (including phenoxy) is 2. The third-order valence-electron chi connectivity index (χ3n) is 4.07. The maximum absolute atomic E-state index is 12.7. The van der Waals surface area contributed by atoms with Crippen LogP contribution in [0.1, 0.15) is 24.5 Å². The van der Waals surface area contributed by atoms with Gasteiger partial charge in [0.1, 0.15) is 0 Å². The summed E-state index contributed by atoms with van der Waals surface area (Å²) in [6.45, 7) is 2.84. The highest BCUT2D eigenvalue weighted by Crippen LogP contribution is 2.35. The molecular weight excluding hydrogens is 398 g/mol. The van der Waals surface area contributed by atoms with Gasteiger partial charge >= 0.3 is 0 Å². The predicted octanol–water partition coefficient (Wildman–Crippen LogP) is 5.37. The van der Waals surface area contributed by atoms with Crippen molar-refractivity contribution in [3.05, 3.63) is 63.5 Å². The number of thioether (sulfide) groups is 1. The summed E-state index contributed by atoms with van der Waals surface area (Å²) in [5, 5.41) is 0.319. The molecule has 28 heavy (non-hydrogen) atoms. The van der Waals surface area contributed by atoms with Crippen molar-refractivity contribution in [2.75, 3.05) is 13.7 Å². The molecule has 1 saturated heterocycles. The first-order valence-electron chi connectivity index (χ1n) is 8.82. The Balaban J connectivity index is 1.78. The fourth-order valence-electron chi connectivity index (χ4n) is 2.67. The minimum absolute atomic E-state index is 0.215. The van der Waals surface area contributed by atoms with Crippen LogP contribution in [-0.4, -0.2) is 29.8 Å². The van der Waals surface area contributed by atoms with Crippen molar-refractivity contribution in [3.63, 3.8) is 0 Å². The van der Waals surface area contributed by atoms with E-state index in [1.54, 1.807) is 49.6 Å². The van der Waals surface area contributed by atoms with Crippen molar-refractivity contribution in [1.82, 2.24) is 4.90 Å². The summed E-state index contributed by atoms with van der Waals surface area (Å²) < 4.78 is 11.0. The fourth-order valence-corrected chi connectivity index (χ4v) is 3.63. The van der Waals surface area contributed by atoms with Crippen molar-refractivity contribution < 1.29 is 19.1 Å². The minimum Gasteiger partial charge on any atom is -0.493 e. The van der Waals surface area contributed by atoms with Crippen molar-refractivity contribution in [2.45, 2.75) is 19.9 Å². The second kappa shape index (κ2) is 9.17. The average molecular weight is 418 g/mol. The summed E-state index contributed by atoms with van der Waals surface area (Å²) in [7, 11) is 1.57. The lowest BCUT2D eigenvalue weighted by Crippen LogP contribution is -2.27. The van der Waals surface area contributed by atoms with E-state index < -0.39 is 0 Å². The van der Waals surface area contributed by atoms with E-state index in [0.717, 1.165) is 29.3 Å². The molecule has 0 saturated carbocycles. The molecule has 146 valence electrons. The van der Waals surface area contributed by atoms with Crippen molar-refractivity contribution in [2.24, 2.45) is 0 Å². The Kier molecular flexibility index (Phi) is 6.65. The van der Waals surface area contributed by atoms with E-state index in [2.05, 4.69) is 0 Å². The lowest BCUT2D eigenvalue weighted by atomic mass is 10.1. The Labute approximate surface area is 173 Å². The third-order valence-corrected chi connectivity index (χ3v) is 5.23. The Morgan fingerprint density at radius 3 is 2.54 bits per heavy atom. The molecule has 1 aliphatic heterocycles. The first-order valence-corrected chi connectivity index (χ1v) is 10.0. The molecule has 1 heterocycles. The van der Waals surface area contributed by atoms with E-state index in [4.69, 9.17) is 21.1 Å². The highest BCUT2D eigenvalue weighted by molar-refractivity contribution is 8.18. The largest absolute Gasteiger partial charge is 0.493 e. The van der Waals surface area contributed by atoms with Gasteiger partial charge in [0.05, 0.1) is 25.2 Å². The standard InChI is InChI=1S/C21H20ClNO4S/c1-3-10-27-17-9-6-15(11-18(17)26-2)12-19-20(24)23(21(25)28-19)13-14-4-7-16(22)8-5-14/h4-9,11-12H,3,10,13H2,1-2H3/b19-12-. The number of imide groups is 1. The molecular formula is C21H20ClNO4S. The monoisotopic (exact) mass is 417 g/mol. The SMILES string of the molecule is CCCOc1ccc(/C=C2\SC(=O)N(Cc3ccc(Cl)cc3)C2=O)cc1OC. The molecule has 0 bridgehead atoms. The van der Waals surface area contributed by atoms with Gasteiger partial charge in [-0.15, -0.1) is 0 Å². The first-order chi connectivity index (χ1) is 13.5. The average Bonchev–Trinajstić information content (AvgIpc) is 2.95. The maximum Gasteiger partial charge on any atom is 0.293 e. The highest BCUT2D eigenvalue weighted by atomic mass is 35.5. The van der Waals surface area contributed by atoms with Crippen molar-refractivity contribution >= 4 is 40.6 Å². The molecule has 0 atom stereocenters. The quantitative estimate of drug-likeness (QED) is 0.566. The van der Waals surface area contributed by atoms with Crippen LogP contribution in [-0.2, 0) is 11.3 Å². The molecule has 1 aliphatic rings. The number of halogens is 1. The molecule has 0 spiro atoms. The van der Waals surface area contributed by atoms with Crippen LogP contribution in [0, 0.1) is 0 Å². The lowest BCUT2D eigenvalue weighted by molar-refractivity contribution is -0.123. The summed E-state index contributed by atoms with van der Waals surface area (Å²) in [5.41, 5.74) is 1.60. The number of rotatable bonds is 7. The van der Waals surface area contributed by atoms with Crippen molar-refractivity contribution in [1.29, 1.82) is 0 Å². The van der Waals surface area contributed by atoms with Crippen LogP contribution in [0.5, 0.6) is 11.5 Å². The van der Waals surface area contributed by atoms with Crippen LogP contribution in [0.3, 0.4) is 0 Å². The molecule has 0 aliphatic carbocycles. The molecule has 3 rings (SSSR count). The van der Waals surface area contributed by atoms with Gasteiger partial charge in [-0.3, -0.25) is 14.5 Å². The zero-order valence-electron chi connectivity index (χ0n) is 15.6. The van der Waals surface area contributed by atoms with Gasteiger partial charge in [-0.1, -0.05) is 36.7 Å². The van der Waals surface area contributed by atoms with E-state index in [1.165, 1.54) is 4.90 Å². The number of methoxy groups -OCH3 is 1. The normalized spacial score (nSPS) is 15.4. The number of benzene rings is 2. The van der Waals surface area contributed by atoms with Crippen LogP contribution in [0.2, 0.25) is 5.02 Å². The van der Waals surface area contributed by atoms with Gasteiger partial charge in [0.25, 0.3) is 11.1 Å². The second-order valence-electron chi connectivity index (χ2n) is 6.15. The third kappa shape index (κ3) is 4.69. The molecule has 5 nitrogen and oxygen atoms in total. The van der Waals surface area contributed by atoms with E-state index in [0.29, 0.717) is 28.0 Å². The van der Waals surface area contributed by atoms with Crippen molar-refractivity contribution in [3.8, 4) is 11.5 Å². The number of carbonyl (C=O) groups is 2. The Morgan fingerprint density at radius 1 is 1.11 bits per heavy atom. The number of hydrogen-bond acceptors (Lipinski definition) is 5.